The van der Waals surface area contributed by atoms with Crippen LogP contribution in [-0.2, 0) is 0 Å². The summed E-state index contributed by atoms with van der Waals surface area (Å²) in [5, 5.41) is 28.2. The van der Waals surface area contributed by atoms with E-state index in [9.17, 15) is 14.9 Å². The maximum atomic E-state index is 10.9. The molecule has 0 bridgehead atoms. The van der Waals surface area contributed by atoms with Gasteiger partial charge in [-0.25, -0.2) is 0 Å². The highest BCUT2D eigenvalue weighted by molar-refractivity contribution is 5.79. The van der Waals surface area contributed by atoms with Crippen LogP contribution in [0.3, 0.4) is 0 Å². The molecule has 0 aliphatic rings. The van der Waals surface area contributed by atoms with Crippen molar-refractivity contribution >= 4 is 17.7 Å². The Kier molecular flexibility index (Phi) is 4.35. The maximum Gasteiger partial charge on any atom is 0.293 e. The van der Waals surface area contributed by atoms with Crippen LogP contribution in [0, 0.1) is 32.8 Å². The van der Waals surface area contributed by atoms with E-state index < -0.39 is 4.92 Å². The summed E-state index contributed by atoms with van der Waals surface area (Å²) in [5.41, 5.74) is 0.0121. The Labute approximate surface area is 103 Å². The van der Waals surface area contributed by atoms with Gasteiger partial charge in [0.1, 0.15) is 25.1 Å². The van der Waals surface area contributed by atoms with Gasteiger partial charge in [0, 0.05) is 11.6 Å². The highest BCUT2D eigenvalue weighted by Crippen LogP contribution is 2.28. The third kappa shape index (κ3) is 2.80. The summed E-state index contributed by atoms with van der Waals surface area (Å²) < 4.78 is 0. The van der Waals surface area contributed by atoms with Crippen molar-refractivity contribution in [3.8, 4) is 12.1 Å². The summed E-state index contributed by atoms with van der Waals surface area (Å²) in [6, 6.07) is 7.53. The number of aldehydes is 1. The highest BCUT2D eigenvalue weighted by Gasteiger charge is 2.19. The van der Waals surface area contributed by atoms with Crippen LogP contribution in [0.2, 0.25) is 0 Å². The first-order valence-corrected chi connectivity index (χ1v) is 4.86. The molecule has 0 aromatic heterocycles. The molecule has 7 heteroatoms. The van der Waals surface area contributed by atoms with Gasteiger partial charge in [-0.2, -0.15) is 10.5 Å². The Morgan fingerprint density at radius 1 is 1.33 bits per heavy atom. The third-order valence-electron chi connectivity index (χ3n) is 2.20. The molecule has 0 amide bonds. The number of nitro groups is 1. The standard InChI is InChI=1S/C11H8N4O3/c12-3-5-14(6-4-13)10-2-1-9(8-16)7-11(10)15(17)18/h1-2,7-8H,5-6H2. The lowest BCUT2D eigenvalue weighted by molar-refractivity contribution is -0.384. The number of nitrogens with zero attached hydrogens (tertiary/aromatic N) is 4. The third-order valence-corrected chi connectivity index (χ3v) is 2.20. The van der Waals surface area contributed by atoms with E-state index in [0.29, 0.717) is 6.29 Å². The minimum Gasteiger partial charge on any atom is -0.339 e. The lowest BCUT2D eigenvalue weighted by Crippen LogP contribution is -2.24. The van der Waals surface area contributed by atoms with Gasteiger partial charge >= 0.3 is 0 Å². The molecule has 0 aliphatic heterocycles. The van der Waals surface area contributed by atoms with Gasteiger partial charge < -0.3 is 4.90 Å². The van der Waals surface area contributed by atoms with Gasteiger partial charge in [0.15, 0.2) is 0 Å². The number of rotatable bonds is 5. The molecule has 0 saturated heterocycles. The second-order valence-corrected chi connectivity index (χ2v) is 3.30. The van der Waals surface area contributed by atoms with Crippen molar-refractivity contribution < 1.29 is 9.72 Å². The number of carbonyl (C=O) groups excluding carboxylic acids is 1. The molecule has 0 spiro atoms. The second-order valence-electron chi connectivity index (χ2n) is 3.30. The molecule has 1 aromatic rings. The number of nitro benzene ring substituents is 1. The monoisotopic (exact) mass is 244 g/mol. The Morgan fingerprint density at radius 3 is 2.39 bits per heavy atom. The zero-order chi connectivity index (χ0) is 13.5. The molecule has 1 aromatic carbocycles. The Balaban J connectivity index is 3.29. The molecule has 0 saturated carbocycles. The molecule has 0 fully saturated rings. The number of hydrogen-bond acceptors (Lipinski definition) is 6. The number of benzene rings is 1. The van der Waals surface area contributed by atoms with Crippen LogP contribution in [0.1, 0.15) is 10.4 Å². The van der Waals surface area contributed by atoms with Crippen LogP contribution >= 0.6 is 0 Å². The van der Waals surface area contributed by atoms with Gasteiger partial charge in [-0.3, -0.25) is 14.9 Å². The number of nitriles is 2. The van der Waals surface area contributed by atoms with Crippen molar-refractivity contribution in [3.63, 3.8) is 0 Å². The summed E-state index contributed by atoms with van der Waals surface area (Å²) in [5.74, 6) is 0. The summed E-state index contributed by atoms with van der Waals surface area (Å²) in [7, 11) is 0. The lowest BCUT2D eigenvalue weighted by atomic mass is 10.1. The fourth-order valence-corrected chi connectivity index (χ4v) is 1.42. The van der Waals surface area contributed by atoms with Crippen LogP contribution in [0.15, 0.2) is 18.2 Å². The molecule has 7 nitrogen and oxygen atoms in total. The van der Waals surface area contributed by atoms with Crippen LogP contribution in [0.5, 0.6) is 0 Å². The van der Waals surface area contributed by atoms with E-state index in [4.69, 9.17) is 10.5 Å². The number of anilines is 1. The Bertz CT molecular complexity index is 540. The predicted molar refractivity (Wildman–Crippen MR) is 61.9 cm³/mol. The van der Waals surface area contributed by atoms with E-state index in [-0.39, 0.29) is 30.0 Å². The van der Waals surface area contributed by atoms with Gasteiger partial charge in [0.2, 0.25) is 0 Å². The summed E-state index contributed by atoms with van der Waals surface area (Å²) in [4.78, 5) is 22.1. The first-order valence-electron chi connectivity index (χ1n) is 4.86. The van der Waals surface area contributed by atoms with Crippen molar-refractivity contribution in [1.29, 1.82) is 10.5 Å². The zero-order valence-corrected chi connectivity index (χ0v) is 9.24. The summed E-state index contributed by atoms with van der Waals surface area (Å²) in [6.45, 7) is -0.288. The molecular weight excluding hydrogens is 236 g/mol. The number of hydrogen-bond donors (Lipinski definition) is 0. The molecule has 0 atom stereocenters. The fourth-order valence-electron chi connectivity index (χ4n) is 1.42. The fraction of sp³-hybridized carbons (Fsp3) is 0.182. The Morgan fingerprint density at radius 2 is 1.94 bits per heavy atom. The molecule has 18 heavy (non-hydrogen) atoms. The van der Waals surface area contributed by atoms with Crippen molar-refractivity contribution in [2.24, 2.45) is 0 Å². The minimum atomic E-state index is -0.649. The van der Waals surface area contributed by atoms with Gasteiger partial charge in [0.05, 0.1) is 17.1 Å². The average molecular weight is 244 g/mol. The van der Waals surface area contributed by atoms with Crippen LogP contribution in [-0.4, -0.2) is 24.3 Å². The normalized spacial score (nSPS) is 9.00. The van der Waals surface area contributed by atoms with Gasteiger partial charge in [-0.1, -0.05) is 0 Å². The molecule has 0 radical (unpaired) electrons. The maximum absolute atomic E-state index is 10.9. The molecular formula is C11H8N4O3. The predicted octanol–water partition coefficient (Wildman–Crippen LogP) is 1.26. The van der Waals surface area contributed by atoms with E-state index >= 15 is 0 Å². The second kappa shape index (κ2) is 5.97. The van der Waals surface area contributed by atoms with E-state index in [1.807, 2.05) is 12.1 Å². The SMILES string of the molecule is N#CCN(CC#N)c1ccc(C=O)cc1[N+](=O)[O-]. The Hall–Kier alpha value is -2.93. The minimum absolute atomic E-state index is 0.144. The summed E-state index contributed by atoms with van der Waals surface area (Å²) in [6.07, 6.45) is 0.496. The van der Waals surface area contributed by atoms with E-state index in [1.54, 1.807) is 0 Å². The topological polar surface area (TPSA) is 111 Å². The first-order chi connectivity index (χ1) is 8.63. The van der Waals surface area contributed by atoms with Gasteiger partial charge in [0.25, 0.3) is 5.69 Å². The molecule has 0 heterocycles. The van der Waals surface area contributed by atoms with Gasteiger partial charge in [-0.05, 0) is 12.1 Å². The largest absolute Gasteiger partial charge is 0.339 e. The summed E-state index contributed by atoms with van der Waals surface area (Å²) >= 11 is 0. The number of carbonyl (C=O) groups is 1. The molecule has 90 valence electrons. The van der Waals surface area contributed by atoms with Crippen molar-refractivity contribution in [2.75, 3.05) is 18.0 Å². The zero-order valence-electron chi connectivity index (χ0n) is 9.24. The van der Waals surface area contributed by atoms with Crippen LogP contribution in [0.4, 0.5) is 11.4 Å². The first kappa shape index (κ1) is 13.1. The quantitative estimate of drug-likeness (QED) is 0.333. The van der Waals surface area contributed by atoms with Crippen molar-refractivity contribution in [2.45, 2.75) is 0 Å². The van der Waals surface area contributed by atoms with E-state index in [1.165, 1.54) is 17.0 Å². The van der Waals surface area contributed by atoms with Crippen LogP contribution in [0.25, 0.3) is 0 Å². The molecule has 0 unspecified atom stereocenters. The van der Waals surface area contributed by atoms with Gasteiger partial charge in [-0.15, -0.1) is 0 Å². The van der Waals surface area contributed by atoms with Crippen molar-refractivity contribution in [3.05, 3.63) is 33.9 Å². The highest BCUT2D eigenvalue weighted by atomic mass is 16.6. The molecule has 1 rings (SSSR count). The van der Waals surface area contributed by atoms with E-state index in [2.05, 4.69) is 0 Å². The molecule has 0 N–H and O–H groups in total. The average Bonchev–Trinajstić information content (AvgIpc) is 2.37. The molecule has 0 aliphatic carbocycles. The van der Waals surface area contributed by atoms with Crippen LogP contribution < -0.4 is 4.90 Å². The van der Waals surface area contributed by atoms with E-state index in [0.717, 1.165) is 6.07 Å². The smallest absolute Gasteiger partial charge is 0.293 e. The lowest BCUT2D eigenvalue weighted by Gasteiger charge is -2.17. The van der Waals surface area contributed by atoms with Crippen molar-refractivity contribution in [1.82, 2.24) is 0 Å².